The number of halogens is 4. The summed E-state index contributed by atoms with van der Waals surface area (Å²) >= 11 is 3.37. The van der Waals surface area contributed by atoms with E-state index in [-0.39, 0.29) is 29.1 Å². The lowest BCUT2D eigenvalue weighted by Gasteiger charge is -2.14. The first-order valence-electron chi connectivity index (χ1n) is 9.91. The first-order chi connectivity index (χ1) is 15.6. The third kappa shape index (κ3) is 5.22. The van der Waals surface area contributed by atoms with Crippen LogP contribution in [0, 0.1) is 13.8 Å². The van der Waals surface area contributed by atoms with Gasteiger partial charge in [0.25, 0.3) is 5.76 Å². The zero-order valence-electron chi connectivity index (χ0n) is 17.6. The van der Waals surface area contributed by atoms with Crippen molar-refractivity contribution in [2.75, 3.05) is 0 Å². The molecule has 0 atom stereocenters. The minimum absolute atomic E-state index is 0.0443. The van der Waals surface area contributed by atoms with Crippen LogP contribution >= 0.6 is 15.9 Å². The number of aryl methyl sites for hydroxylation is 2. The Hall–Kier alpha value is -3.26. The first kappa shape index (κ1) is 22.9. The van der Waals surface area contributed by atoms with Crippen LogP contribution in [0.1, 0.15) is 22.5 Å². The van der Waals surface area contributed by atoms with E-state index in [1.807, 2.05) is 30.3 Å². The van der Waals surface area contributed by atoms with Gasteiger partial charge in [0.05, 0.1) is 5.39 Å². The summed E-state index contributed by atoms with van der Waals surface area (Å²) < 4.78 is 58.4. The molecule has 1 aromatic heterocycles. The van der Waals surface area contributed by atoms with Crippen LogP contribution in [0.15, 0.2) is 74.3 Å². The Morgan fingerprint density at radius 3 is 2.33 bits per heavy atom. The lowest BCUT2D eigenvalue weighted by atomic mass is 10.1. The SMILES string of the molecule is Cc1cc(C)cc(Oc2c(C(F)(F)F)oc3cc(OCc4cccc(Br)c4)ccc3c2=O)c1. The van der Waals surface area contributed by atoms with Crippen LogP contribution in [0.5, 0.6) is 17.2 Å². The van der Waals surface area contributed by atoms with Crippen molar-refractivity contribution < 1.29 is 27.1 Å². The number of hydrogen-bond donors (Lipinski definition) is 0. The second kappa shape index (κ2) is 8.94. The maximum absolute atomic E-state index is 13.8. The Balaban J connectivity index is 1.74. The van der Waals surface area contributed by atoms with E-state index in [1.165, 1.54) is 18.2 Å². The highest BCUT2D eigenvalue weighted by molar-refractivity contribution is 9.10. The largest absolute Gasteiger partial charge is 0.489 e. The summed E-state index contributed by atoms with van der Waals surface area (Å²) in [5, 5.41) is -0.0443. The molecule has 0 saturated carbocycles. The number of fused-ring (bicyclic) bond motifs is 1. The molecule has 170 valence electrons. The second-order valence-electron chi connectivity index (χ2n) is 7.59. The fourth-order valence-electron chi connectivity index (χ4n) is 3.43. The van der Waals surface area contributed by atoms with Gasteiger partial charge < -0.3 is 13.9 Å². The normalized spacial score (nSPS) is 11.6. The van der Waals surface area contributed by atoms with Crippen molar-refractivity contribution in [2.24, 2.45) is 0 Å². The minimum Gasteiger partial charge on any atom is -0.489 e. The molecule has 0 unspecified atom stereocenters. The van der Waals surface area contributed by atoms with Crippen LogP contribution in [-0.4, -0.2) is 0 Å². The molecule has 4 rings (SSSR count). The lowest BCUT2D eigenvalue weighted by molar-refractivity contribution is -0.154. The number of benzene rings is 3. The van der Waals surface area contributed by atoms with Crippen LogP contribution in [0.2, 0.25) is 0 Å². The van der Waals surface area contributed by atoms with Crippen molar-refractivity contribution in [3.8, 4) is 17.2 Å². The first-order valence-corrected chi connectivity index (χ1v) is 10.7. The maximum Gasteiger partial charge on any atom is 0.453 e. The summed E-state index contributed by atoms with van der Waals surface area (Å²) in [5.74, 6) is -2.01. The van der Waals surface area contributed by atoms with E-state index in [4.69, 9.17) is 13.9 Å². The Morgan fingerprint density at radius 1 is 0.939 bits per heavy atom. The van der Waals surface area contributed by atoms with Crippen LogP contribution < -0.4 is 14.9 Å². The van der Waals surface area contributed by atoms with Gasteiger partial charge in [0, 0.05) is 10.5 Å². The number of alkyl halides is 3. The molecule has 0 spiro atoms. The van der Waals surface area contributed by atoms with E-state index >= 15 is 0 Å². The van der Waals surface area contributed by atoms with Gasteiger partial charge in [-0.2, -0.15) is 13.2 Å². The van der Waals surface area contributed by atoms with Crippen LogP contribution in [0.3, 0.4) is 0 Å². The van der Waals surface area contributed by atoms with Crippen molar-refractivity contribution in [3.05, 3.63) is 97.8 Å². The van der Waals surface area contributed by atoms with Gasteiger partial charge in [-0.25, -0.2) is 0 Å². The minimum atomic E-state index is -4.94. The van der Waals surface area contributed by atoms with Gasteiger partial charge in [-0.05, 0) is 66.9 Å². The number of rotatable bonds is 5. The van der Waals surface area contributed by atoms with Crippen LogP contribution in [-0.2, 0) is 12.8 Å². The highest BCUT2D eigenvalue weighted by Gasteiger charge is 2.40. The average Bonchev–Trinajstić information content (AvgIpc) is 2.72. The number of ether oxygens (including phenoxy) is 2. The summed E-state index contributed by atoms with van der Waals surface area (Å²) in [6.45, 7) is 3.75. The topological polar surface area (TPSA) is 48.7 Å². The van der Waals surface area contributed by atoms with E-state index in [2.05, 4.69) is 15.9 Å². The zero-order valence-corrected chi connectivity index (χ0v) is 19.2. The highest BCUT2D eigenvalue weighted by atomic mass is 79.9. The molecule has 33 heavy (non-hydrogen) atoms. The molecule has 0 amide bonds. The zero-order chi connectivity index (χ0) is 23.8. The van der Waals surface area contributed by atoms with Gasteiger partial charge in [-0.15, -0.1) is 0 Å². The monoisotopic (exact) mass is 518 g/mol. The maximum atomic E-state index is 13.8. The predicted octanol–water partition coefficient (Wildman–Crippen LogP) is 7.56. The van der Waals surface area contributed by atoms with E-state index in [1.54, 1.807) is 26.0 Å². The molecule has 0 aliphatic carbocycles. The van der Waals surface area contributed by atoms with E-state index in [0.717, 1.165) is 21.2 Å². The molecule has 0 aliphatic heterocycles. The van der Waals surface area contributed by atoms with E-state index in [9.17, 15) is 18.0 Å². The quantitative estimate of drug-likeness (QED) is 0.273. The van der Waals surface area contributed by atoms with Crippen molar-refractivity contribution in [3.63, 3.8) is 0 Å². The second-order valence-corrected chi connectivity index (χ2v) is 8.50. The molecule has 8 heteroatoms. The van der Waals surface area contributed by atoms with Crippen LogP contribution in [0.25, 0.3) is 11.0 Å². The molecule has 4 aromatic rings. The molecular weight excluding hydrogens is 501 g/mol. The van der Waals surface area contributed by atoms with Crippen LogP contribution in [0.4, 0.5) is 13.2 Å². The summed E-state index contributed by atoms with van der Waals surface area (Å²) in [7, 11) is 0. The summed E-state index contributed by atoms with van der Waals surface area (Å²) in [6.07, 6.45) is -4.94. The molecular formula is C25H18BrF3O4. The molecule has 1 heterocycles. The molecule has 0 N–H and O–H groups in total. The van der Waals surface area contributed by atoms with Gasteiger partial charge >= 0.3 is 6.18 Å². The molecule has 0 fully saturated rings. The predicted molar refractivity (Wildman–Crippen MR) is 122 cm³/mol. The van der Waals surface area contributed by atoms with Gasteiger partial charge in [-0.1, -0.05) is 34.1 Å². The third-order valence-electron chi connectivity index (χ3n) is 4.79. The standard InChI is InChI=1S/C25H18BrF3O4/c1-14-8-15(2)10-19(9-14)32-23-22(30)20-7-6-18(12-21(20)33-24(23)25(27,28)29)31-13-16-4-3-5-17(26)11-16/h3-12H,13H2,1-2H3. The Morgan fingerprint density at radius 2 is 1.67 bits per heavy atom. The average molecular weight is 519 g/mol. The van der Waals surface area contributed by atoms with Gasteiger partial charge in [0.2, 0.25) is 11.2 Å². The molecule has 0 saturated heterocycles. The fraction of sp³-hybridized carbons (Fsp3) is 0.160. The fourth-order valence-corrected chi connectivity index (χ4v) is 3.88. The third-order valence-corrected chi connectivity index (χ3v) is 5.28. The lowest BCUT2D eigenvalue weighted by Crippen LogP contribution is -2.15. The highest BCUT2D eigenvalue weighted by Crippen LogP contribution is 2.39. The van der Waals surface area contributed by atoms with Gasteiger partial charge in [0.1, 0.15) is 23.7 Å². The Kier molecular flexibility index (Phi) is 6.21. The van der Waals surface area contributed by atoms with Crippen molar-refractivity contribution in [2.45, 2.75) is 26.6 Å². The van der Waals surface area contributed by atoms with Crippen molar-refractivity contribution in [1.82, 2.24) is 0 Å². The Bertz CT molecular complexity index is 1370. The molecule has 3 aromatic carbocycles. The van der Waals surface area contributed by atoms with E-state index < -0.39 is 23.1 Å². The summed E-state index contributed by atoms with van der Waals surface area (Å²) in [5.41, 5.74) is 1.28. The van der Waals surface area contributed by atoms with E-state index in [0.29, 0.717) is 0 Å². The molecule has 0 radical (unpaired) electrons. The van der Waals surface area contributed by atoms with Crippen molar-refractivity contribution in [1.29, 1.82) is 0 Å². The smallest absolute Gasteiger partial charge is 0.453 e. The summed E-state index contributed by atoms with van der Waals surface area (Å²) in [4.78, 5) is 13.0. The molecule has 4 nitrogen and oxygen atoms in total. The van der Waals surface area contributed by atoms with Gasteiger partial charge in [0.15, 0.2) is 0 Å². The Labute approximate surface area is 195 Å². The van der Waals surface area contributed by atoms with Gasteiger partial charge in [-0.3, -0.25) is 4.79 Å². The molecule has 0 aliphatic rings. The summed E-state index contributed by atoms with van der Waals surface area (Å²) in [6, 6.07) is 16.5. The molecule has 0 bridgehead atoms. The number of hydrogen-bond acceptors (Lipinski definition) is 4. The van der Waals surface area contributed by atoms with Crippen molar-refractivity contribution >= 4 is 26.9 Å².